The number of thioether (sulfide) groups is 1. The highest BCUT2D eigenvalue weighted by Gasteiger charge is 2.23. The van der Waals surface area contributed by atoms with Crippen LogP contribution in [0.3, 0.4) is 0 Å². The van der Waals surface area contributed by atoms with Crippen LogP contribution in [-0.2, 0) is 4.74 Å². The van der Waals surface area contributed by atoms with E-state index in [4.69, 9.17) is 16.3 Å². The van der Waals surface area contributed by atoms with Gasteiger partial charge in [-0.3, -0.25) is 9.89 Å². The van der Waals surface area contributed by atoms with E-state index in [1.165, 1.54) is 11.8 Å². The van der Waals surface area contributed by atoms with E-state index in [0.717, 1.165) is 4.52 Å². The quantitative estimate of drug-likeness (QED) is 0.692. The van der Waals surface area contributed by atoms with Crippen molar-refractivity contribution in [3.05, 3.63) is 26.6 Å². The first-order valence-electron chi connectivity index (χ1n) is 5.53. The third kappa shape index (κ3) is 2.23. The molecule has 0 bridgehead atoms. The van der Waals surface area contributed by atoms with Gasteiger partial charge in [-0.25, -0.2) is 9.78 Å². The lowest BCUT2D eigenvalue weighted by atomic mass is 10.3. The molecule has 0 unspecified atom stereocenters. The van der Waals surface area contributed by atoms with Crippen LogP contribution in [-0.4, -0.2) is 33.4 Å². The Kier molecular flexibility index (Phi) is 3.86. The van der Waals surface area contributed by atoms with Gasteiger partial charge in [0, 0.05) is 0 Å². The number of aromatic nitrogens is 3. The molecule has 2 aromatic rings. The fourth-order valence-electron chi connectivity index (χ4n) is 1.67. The van der Waals surface area contributed by atoms with Gasteiger partial charge in [0.2, 0.25) is 0 Å². The number of nitrogens with zero attached hydrogens (tertiary/aromatic N) is 2. The summed E-state index contributed by atoms with van der Waals surface area (Å²) in [6.07, 6.45) is 1.78. The van der Waals surface area contributed by atoms with E-state index in [1.54, 1.807) is 20.1 Å². The highest BCUT2D eigenvalue weighted by Crippen LogP contribution is 2.23. The lowest BCUT2D eigenvalue weighted by Gasteiger charge is -2.02. The second-order valence-electron chi connectivity index (χ2n) is 3.72. The summed E-state index contributed by atoms with van der Waals surface area (Å²) in [4.78, 5) is 28.2. The van der Waals surface area contributed by atoms with E-state index in [0.29, 0.717) is 10.7 Å². The minimum atomic E-state index is -0.515. The molecule has 0 fully saturated rings. The van der Waals surface area contributed by atoms with Crippen molar-refractivity contribution in [3.8, 4) is 0 Å². The van der Waals surface area contributed by atoms with E-state index in [9.17, 15) is 9.59 Å². The van der Waals surface area contributed by atoms with Gasteiger partial charge >= 0.3 is 5.97 Å². The monoisotopic (exact) mass is 301 g/mol. The maximum absolute atomic E-state index is 12.0. The molecule has 0 saturated carbocycles. The number of esters is 1. The van der Waals surface area contributed by atoms with Crippen LogP contribution in [0, 0.1) is 6.92 Å². The Labute approximate surface area is 118 Å². The first-order chi connectivity index (χ1) is 9.01. The zero-order valence-corrected chi connectivity index (χ0v) is 12.2. The minimum Gasteiger partial charge on any atom is -0.462 e. The molecule has 0 atom stereocenters. The summed E-state index contributed by atoms with van der Waals surface area (Å²) in [5.74, 6) is -0.515. The second-order valence-corrected chi connectivity index (χ2v) is 4.91. The van der Waals surface area contributed by atoms with Crippen LogP contribution in [0.25, 0.3) is 5.65 Å². The van der Waals surface area contributed by atoms with Gasteiger partial charge in [-0.2, -0.15) is 4.52 Å². The van der Waals surface area contributed by atoms with Crippen LogP contribution in [0.5, 0.6) is 0 Å². The molecule has 6 nitrogen and oxygen atoms in total. The Hall–Kier alpha value is -1.47. The van der Waals surface area contributed by atoms with Crippen LogP contribution in [0.2, 0.25) is 5.02 Å². The molecule has 0 aliphatic carbocycles. The van der Waals surface area contributed by atoms with Crippen LogP contribution < -0.4 is 5.56 Å². The van der Waals surface area contributed by atoms with Crippen molar-refractivity contribution in [2.45, 2.75) is 18.9 Å². The van der Waals surface area contributed by atoms with Crippen molar-refractivity contribution in [3.63, 3.8) is 0 Å². The van der Waals surface area contributed by atoms with Crippen LogP contribution in [0.4, 0.5) is 0 Å². The van der Waals surface area contributed by atoms with E-state index in [-0.39, 0.29) is 22.8 Å². The summed E-state index contributed by atoms with van der Waals surface area (Å²) in [7, 11) is 0. The number of nitrogens with one attached hydrogen (secondary N) is 1. The largest absolute Gasteiger partial charge is 0.462 e. The molecule has 0 saturated heterocycles. The predicted molar refractivity (Wildman–Crippen MR) is 73.3 cm³/mol. The predicted octanol–water partition coefficient (Wildman–Crippen LogP) is 1.88. The molecule has 2 aromatic heterocycles. The van der Waals surface area contributed by atoms with E-state index in [1.807, 2.05) is 0 Å². The van der Waals surface area contributed by atoms with E-state index in [2.05, 4.69) is 10.1 Å². The zero-order valence-electron chi connectivity index (χ0n) is 10.6. The number of aromatic amines is 1. The van der Waals surface area contributed by atoms with Crippen LogP contribution in [0.1, 0.15) is 23.0 Å². The van der Waals surface area contributed by atoms with Crippen molar-refractivity contribution >= 4 is 35.0 Å². The van der Waals surface area contributed by atoms with Crippen molar-refractivity contribution in [2.75, 3.05) is 12.9 Å². The average molecular weight is 302 g/mol. The Bertz CT molecular complexity index is 707. The second kappa shape index (κ2) is 5.26. The van der Waals surface area contributed by atoms with Crippen LogP contribution >= 0.6 is 23.4 Å². The maximum atomic E-state index is 12.0. The van der Waals surface area contributed by atoms with Crippen LogP contribution in [0.15, 0.2) is 9.82 Å². The lowest BCUT2D eigenvalue weighted by molar-refractivity contribution is 0.0524. The summed E-state index contributed by atoms with van der Waals surface area (Å²) < 4.78 is 6.15. The van der Waals surface area contributed by atoms with Gasteiger partial charge < -0.3 is 4.74 Å². The fraction of sp³-hybridized carbons (Fsp3) is 0.364. The van der Waals surface area contributed by atoms with Crippen molar-refractivity contribution < 1.29 is 9.53 Å². The summed E-state index contributed by atoms with van der Waals surface area (Å²) >= 11 is 7.16. The number of ether oxygens (including phenoxy) is 1. The molecule has 0 spiro atoms. The van der Waals surface area contributed by atoms with Gasteiger partial charge in [-0.05, 0) is 20.1 Å². The number of rotatable bonds is 3. The molecule has 0 aliphatic rings. The number of hydrogen-bond donors (Lipinski definition) is 1. The summed E-state index contributed by atoms with van der Waals surface area (Å²) in [6.45, 7) is 3.58. The zero-order chi connectivity index (χ0) is 14.2. The van der Waals surface area contributed by atoms with Crippen molar-refractivity contribution in [1.82, 2.24) is 14.6 Å². The first-order valence-corrected chi connectivity index (χ1v) is 7.13. The number of carbonyl (C=O) groups is 1. The topological polar surface area (TPSA) is 76.5 Å². The Morgan fingerprint density at radius 3 is 2.84 bits per heavy atom. The standard InChI is InChI=1S/C11H12ClN3O3S/c1-4-18-11(17)6-8-13-5(2)7(12)10(16)15(8)14-9(6)19-3/h14H,4H2,1-3H3. The molecule has 19 heavy (non-hydrogen) atoms. The maximum Gasteiger partial charge on any atom is 0.344 e. The molecular weight excluding hydrogens is 290 g/mol. The molecule has 102 valence electrons. The molecule has 2 rings (SSSR count). The van der Waals surface area contributed by atoms with Crippen molar-refractivity contribution in [1.29, 1.82) is 0 Å². The number of fused-ring (bicyclic) bond motifs is 1. The summed E-state index contributed by atoms with van der Waals surface area (Å²) in [5.41, 5.74) is 0.430. The van der Waals surface area contributed by atoms with Gasteiger partial charge in [0.15, 0.2) is 5.65 Å². The lowest BCUT2D eigenvalue weighted by Crippen LogP contribution is -2.17. The third-order valence-electron chi connectivity index (χ3n) is 2.54. The highest BCUT2D eigenvalue weighted by molar-refractivity contribution is 7.98. The molecule has 1 N–H and O–H groups in total. The first kappa shape index (κ1) is 14.0. The summed E-state index contributed by atoms with van der Waals surface area (Å²) in [5, 5.41) is 3.36. The number of carbonyl (C=O) groups excluding carboxylic acids is 1. The fourth-order valence-corrected chi connectivity index (χ4v) is 2.36. The smallest absolute Gasteiger partial charge is 0.344 e. The normalized spacial score (nSPS) is 10.9. The molecular formula is C11H12ClN3O3S. The number of halogens is 1. The van der Waals surface area contributed by atoms with Gasteiger partial charge in [-0.1, -0.05) is 11.6 Å². The van der Waals surface area contributed by atoms with Gasteiger partial charge in [0.1, 0.15) is 15.6 Å². The molecule has 2 heterocycles. The van der Waals surface area contributed by atoms with Gasteiger partial charge in [-0.15, -0.1) is 11.8 Å². The SMILES string of the molecule is CCOC(=O)c1c(SC)[nH]n2c(=O)c(Cl)c(C)nc12. The average Bonchev–Trinajstić information content (AvgIpc) is 2.75. The van der Waals surface area contributed by atoms with E-state index >= 15 is 0 Å². The number of aryl methyl sites for hydroxylation is 1. The highest BCUT2D eigenvalue weighted by atomic mass is 35.5. The molecule has 0 radical (unpaired) electrons. The van der Waals surface area contributed by atoms with Crippen molar-refractivity contribution in [2.24, 2.45) is 0 Å². The molecule has 8 heteroatoms. The molecule has 0 aliphatic heterocycles. The minimum absolute atomic E-state index is 0.0295. The van der Waals surface area contributed by atoms with E-state index < -0.39 is 11.5 Å². The Morgan fingerprint density at radius 2 is 2.26 bits per heavy atom. The molecule has 0 amide bonds. The summed E-state index contributed by atoms with van der Waals surface area (Å²) in [6, 6.07) is 0. The number of hydrogen-bond acceptors (Lipinski definition) is 5. The molecule has 0 aromatic carbocycles. The number of H-pyrrole nitrogens is 1. The third-order valence-corrected chi connectivity index (χ3v) is 3.68. The Morgan fingerprint density at radius 1 is 1.58 bits per heavy atom. The Balaban J connectivity index is 2.82. The van der Waals surface area contributed by atoms with Gasteiger partial charge in [0.25, 0.3) is 5.56 Å². The van der Waals surface area contributed by atoms with Gasteiger partial charge in [0.05, 0.1) is 12.3 Å².